The second kappa shape index (κ2) is 5.67. The molecule has 0 bridgehead atoms. The van der Waals surface area contributed by atoms with Crippen LogP contribution >= 0.6 is 0 Å². The summed E-state index contributed by atoms with van der Waals surface area (Å²) in [5.74, 6) is -1.13. The summed E-state index contributed by atoms with van der Waals surface area (Å²) in [5, 5.41) is 11.3. The predicted octanol–water partition coefficient (Wildman–Crippen LogP) is 0.284. The van der Waals surface area contributed by atoms with Crippen LogP contribution in [-0.4, -0.2) is 20.1 Å². The van der Waals surface area contributed by atoms with Crippen LogP contribution in [-0.2, 0) is 0 Å². The first-order valence-electron chi connectivity index (χ1n) is 6.26. The normalized spacial score (nSPS) is 12.4. The van der Waals surface area contributed by atoms with Gasteiger partial charge < -0.3 is 14.8 Å². The molecule has 1 N–H and O–H groups in total. The van der Waals surface area contributed by atoms with Gasteiger partial charge in [-0.15, -0.1) is 0 Å². The molecule has 0 heterocycles. The van der Waals surface area contributed by atoms with Gasteiger partial charge in [-0.2, -0.15) is 0 Å². The highest BCUT2D eigenvalue weighted by Crippen LogP contribution is 2.22. The molecular formula is C16H17NO2. The molecule has 0 spiro atoms. The Kier molecular flexibility index (Phi) is 3.97. The van der Waals surface area contributed by atoms with Crippen molar-refractivity contribution in [2.75, 3.05) is 14.1 Å². The van der Waals surface area contributed by atoms with Gasteiger partial charge in [0.15, 0.2) is 0 Å². The molecule has 0 saturated heterocycles. The lowest BCUT2D eigenvalue weighted by atomic mass is 9.93. The molecule has 19 heavy (non-hydrogen) atoms. The molecular weight excluding hydrogens is 238 g/mol. The van der Waals surface area contributed by atoms with Crippen molar-refractivity contribution < 1.29 is 14.8 Å². The fourth-order valence-electron chi connectivity index (χ4n) is 2.40. The van der Waals surface area contributed by atoms with Gasteiger partial charge in [0, 0.05) is 16.7 Å². The Morgan fingerprint density at radius 2 is 1.58 bits per heavy atom. The fraction of sp³-hybridized carbons (Fsp3) is 0.188. The molecule has 0 radical (unpaired) electrons. The van der Waals surface area contributed by atoms with Gasteiger partial charge in [-0.25, -0.2) is 0 Å². The third kappa shape index (κ3) is 2.83. The zero-order chi connectivity index (χ0) is 13.8. The number of carbonyl (C=O) groups is 1. The first kappa shape index (κ1) is 13.3. The van der Waals surface area contributed by atoms with Crippen LogP contribution in [0.2, 0.25) is 0 Å². The van der Waals surface area contributed by atoms with E-state index in [-0.39, 0.29) is 11.6 Å². The van der Waals surface area contributed by atoms with E-state index < -0.39 is 5.97 Å². The van der Waals surface area contributed by atoms with Crippen LogP contribution in [0.1, 0.15) is 27.5 Å². The van der Waals surface area contributed by atoms with E-state index in [0.717, 1.165) is 16.0 Å². The molecule has 1 atom stereocenters. The van der Waals surface area contributed by atoms with Crippen LogP contribution in [0.25, 0.3) is 0 Å². The zero-order valence-electron chi connectivity index (χ0n) is 11.1. The van der Waals surface area contributed by atoms with Crippen molar-refractivity contribution in [3.8, 4) is 0 Å². The molecule has 0 aliphatic heterocycles. The van der Waals surface area contributed by atoms with Crippen molar-refractivity contribution in [2.45, 2.75) is 6.04 Å². The summed E-state index contributed by atoms with van der Waals surface area (Å²) >= 11 is 0. The third-order valence-corrected chi connectivity index (χ3v) is 3.20. The van der Waals surface area contributed by atoms with Gasteiger partial charge >= 0.3 is 0 Å². The maximum atomic E-state index is 11.3. The summed E-state index contributed by atoms with van der Waals surface area (Å²) in [6, 6.07) is 16.9. The van der Waals surface area contributed by atoms with E-state index in [2.05, 4.69) is 0 Å². The van der Waals surface area contributed by atoms with Crippen molar-refractivity contribution in [3.05, 3.63) is 71.3 Å². The van der Waals surface area contributed by atoms with Gasteiger partial charge in [-0.3, -0.25) is 0 Å². The standard InChI is InChI=1S/C16H17NO2/c1-17(2)15(12-8-4-3-5-9-12)13-10-6-7-11-14(13)16(18)19/h3-11,15H,1-2H3,(H,18,19)/t15-/m1/s1. The molecule has 98 valence electrons. The first-order chi connectivity index (χ1) is 9.11. The lowest BCUT2D eigenvalue weighted by Crippen LogP contribution is -3.06. The van der Waals surface area contributed by atoms with E-state index in [1.807, 2.05) is 56.6 Å². The van der Waals surface area contributed by atoms with Crippen LogP contribution in [0.5, 0.6) is 0 Å². The highest BCUT2D eigenvalue weighted by atomic mass is 16.4. The average molecular weight is 255 g/mol. The summed E-state index contributed by atoms with van der Waals surface area (Å²) < 4.78 is 0. The summed E-state index contributed by atoms with van der Waals surface area (Å²) in [6.07, 6.45) is 0. The fourth-order valence-corrected chi connectivity index (χ4v) is 2.40. The molecule has 0 aromatic heterocycles. The van der Waals surface area contributed by atoms with Gasteiger partial charge in [0.1, 0.15) is 6.04 Å². The smallest absolute Gasteiger partial charge is 0.139 e. The molecule has 2 rings (SSSR count). The quantitative estimate of drug-likeness (QED) is 0.853. The van der Waals surface area contributed by atoms with E-state index in [1.165, 1.54) is 0 Å². The second-order valence-corrected chi connectivity index (χ2v) is 4.80. The third-order valence-electron chi connectivity index (χ3n) is 3.20. The molecule has 3 heteroatoms. The van der Waals surface area contributed by atoms with Crippen LogP contribution in [0.15, 0.2) is 54.6 Å². The molecule has 0 unspecified atom stereocenters. The minimum atomic E-state index is -1.13. The average Bonchev–Trinajstić information content (AvgIpc) is 2.40. The SMILES string of the molecule is C[NH+](C)[C@H](c1ccccc1)c1ccccc1C(=O)[O-]. The maximum Gasteiger partial charge on any atom is 0.139 e. The first-order valence-corrected chi connectivity index (χ1v) is 6.26. The van der Waals surface area contributed by atoms with Crippen molar-refractivity contribution in [1.29, 1.82) is 0 Å². The van der Waals surface area contributed by atoms with Crippen LogP contribution in [0.4, 0.5) is 0 Å². The molecule has 0 aliphatic carbocycles. The number of carboxylic acid groups (broad SMARTS) is 1. The molecule has 2 aromatic rings. The largest absolute Gasteiger partial charge is 0.545 e. The number of hydrogen-bond donors (Lipinski definition) is 1. The van der Waals surface area contributed by atoms with Crippen LogP contribution in [0.3, 0.4) is 0 Å². The molecule has 0 aliphatic rings. The van der Waals surface area contributed by atoms with E-state index in [0.29, 0.717) is 0 Å². The van der Waals surface area contributed by atoms with Gasteiger partial charge in [0.05, 0.1) is 20.1 Å². The molecule has 3 nitrogen and oxygen atoms in total. The number of carbonyl (C=O) groups excluding carboxylic acids is 1. The van der Waals surface area contributed by atoms with Crippen molar-refractivity contribution in [1.82, 2.24) is 0 Å². The number of rotatable bonds is 4. The van der Waals surface area contributed by atoms with Crippen LogP contribution < -0.4 is 10.0 Å². The number of carboxylic acids is 1. The summed E-state index contributed by atoms with van der Waals surface area (Å²) in [4.78, 5) is 12.4. The zero-order valence-corrected chi connectivity index (χ0v) is 11.1. The minimum absolute atomic E-state index is 0.0182. The second-order valence-electron chi connectivity index (χ2n) is 4.80. The Hall–Kier alpha value is -2.13. The Labute approximate surface area is 113 Å². The van der Waals surface area contributed by atoms with Crippen molar-refractivity contribution >= 4 is 5.97 Å². The number of benzene rings is 2. The Balaban J connectivity index is 2.55. The van der Waals surface area contributed by atoms with Gasteiger partial charge in [0.2, 0.25) is 0 Å². The topological polar surface area (TPSA) is 44.6 Å². The molecule has 0 amide bonds. The summed E-state index contributed by atoms with van der Waals surface area (Å²) in [6.45, 7) is 0. The van der Waals surface area contributed by atoms with Gasteiger partial charge in [0.25, 0.3) is 0 Å². The van der Waals surface area contributed by atoms with Gasteiger partial charge in [-0.1, -0.05) is 54.6 Å². The highest BCUT2D eigenvalue weighted by Gasteiger charge is 2.22. The van der Waals surface area contributed by atoms with E-state index in [4.69, 9.17) is 0 Å². The number of quaternary nitrogens is 1. The van der Waals surface area contributed by atoms with Crippen LogP contribution in [0, 0.1) is 0 Å². The van der Waals surface area contributed by atoms with E-state index in [9.17, 15) is 9.90 Å². The van der Waals surface area contributed by atoms with Crippen molar-refractivity contribution in [2.24, 2.45) is 0 Å². The van der Waals surface area contributed by atoms with E-state index in [1.54, 1.807) is 12.1 Å². The summed E-state index contributed by atoms with van der Waals surface area (Å²) in [7, 11) is 4.04. The molecule has 0 fully saturated rings. The number of hydrogen-bond acceptors (Lipinski definition) is 2. The predicted molar refractivity (Wildman–Crippen MR) is 71.9 cm³/mol. The van der Waals surface area contributed by atoms with Gasteiger partial charge in [-0.05, 0) is 0 Å². The minimum Gasteiger partial charge on any atom is -0.545 e. The Morgan fingerprint density at radius 1 is 1.00 bits per heavy atom. The number of aromatic carboxylic acids is 1. The van der Waals surface area contributed by atoms with E-state index >= 15 is 0 Å². The highest BCUT2D eigenvalue weighted by molar-refractivity contribution is 5.87. The lowest BCUT2D eigenvalue weighted by Gasteiger charge is -2.24. The summed E-state index contributed by atoms with van der Waals surface area (Å²) in [5.41, 5.74) is 2.14. The lowest BCUT2D eigenvalue weighted by molar-refractivity contribution is -0.885. The van der Waals surface area contributed by atoms with Crippen molar-refractivity contribution in [3.63, 3.8) is 0 Å². The Morgan fingerprint density at radius 3 is 2.16 bits per heavy atom. The monoisotopic (exact) mass is 255 g/mol. The molecule has 2 aromatic carbocycles. The molecule has 0 saturated carbocycles. The number of nitrogens with one attached hydrogen (secondary N) is 1. The Bertz CT molecular complexity index is 564. The maximum absolute atomic E-state index is 11.3.